The van der Waals surface area contributed by atoms with Crippen LogP contribution >= 0.6 is 0 Å². The highest BCUT2D eigenvalue weighted by molar-refractivity contribution is 5.66. The Morgan fingerprint density at radius 1 is 1.26 bits per heavy atom. The summed E-state index contributed by atoms with van der Waals surface area (Å²) in [6, 6.07) is 7.87. The van der Waals surface area contributed by atoms with E-state index >= 15 is 0 Å². The van der Waals surface area contributed by atoms with Gasteiger partial charge in [-0.1, -0.05) is 6.07 Å². The standard InChI is InChI=1S/C17H22N4O2/c1-12-5-6-15(22-2)14(8-12)21-17-9-16(19-11-20-17)18-10-13-4-3-7-23-13/h5-6,8-9,11,13H,3-4,7,10H2,1-2H3,(H2,18,19,20,21). The van der Waals surface area contributed by atoms with Crippen molar-refractivity contribution in [3.05, 3.63) is 36.2 Å². The molecular formula is C17H22N4O2. The van der Waals surface area contributed by atoms with Crippen molar-refractivity contribution in [1.82, 2.24) is 9.97 Å². The first-order chi connectivity index (χ1) is 11.2. The number of rotatable bonds is 6. The first-order valence-corrected chi connectivity index (χ1v) is 7.84. The minimum absolute atomic E-state index is 0.276. The van der Waals surface area contributed by atoms with Crippen molar-refractivity contribution in [2.45, 2.75) is 25.9 Å². The molecule has 0 aliphatic carbocycles. The van der Waals surface area contributed by atoms with Gasteiger partial charge in [0, 0.05) is 19.2 Å². The second-order valence-electron chi connectivity index (χ2n) is 5.63. The average molecular weight is 314 g/mol. The number of benzene rings is 1. The fourth-order valence-corrected chi connectivity index (χ4v) is 2.60. The van der Waals surface area contributed by atoms with E-state index in [1.165, 1.54) is 0 Å². The van der Waals surface area contributed by atoms with Crippen molar-refractivity contribution >= 4 is 17.3 Å². The van der Waals surface area contributed by atoms with Gasteiger partial charge >= 0.3 is 0 Å². The molecule has 2 N–H and O–H groups in total. The Labute approximate surface area is 136 Å². The summed E-state index contributed by atoms with van der Waals surface area (Å²) >= 11 is 0. The summed E-state index contributed by atoms with van der Waals surface area (Å²) in [6.45, 7) is 3.67. The Balaban J connectivity index is 1.68. The third-order valence-corrected chi connectivity index (χ3v) is 3.82. The topological polar surface area (TPSA) is 68.3 Å². The van der Waals surface area contributed by atoms with E-state index < -0.39 is 0 Å². The number of hydrogen-bond acceptors (Lipinski definition) is 6. The summed E-state index contributed by atoms with van der Waals surface area (Å²) < 4.78 is 11.0. The van der Waals surface area contributed by atoms with Crippen LogP contribution in [0, 0.1) is 6.92 Å². The van der Waals surface area contributed by atoms with E-state index in [1.807, 2.05) is 31.2 Å². The van der Waals surface area contributed by atoms with Gasteiger partial charge in [0.05, 0.1) is 18.9 Å². The number of aryl methyl sites for hydroxylation is 1. The third kappa shape index (κ3) is 4.10. The number of hydrogen-bond donors (Lipinski definition) is 2. The molecular weight excluding hydrogens is 292 g/mol. The Morgan fingerprint density at radius 3 is 2.91 bits per heavy atom. The normalized spacial score (nSPS) is 17.0. The molecule has 0 radical (unpaired) electrons. The average Bonchev–Trinajstić information content (AvgIpc) is 3.07. The zero-order chi connectivity index (χ0) is 16.1. The zero-order valence-corrected chi connectivity index (χ0v) is 13.5. The van der Waals surface area contributed by atoms with Gasteiger partial charge in [-0.25, -0.2) is 9.97 Å². The van der Waals surface area contributed by atoms with Gasteiger partial charge in [0.25, 0.3) is 0 Å². The summed E-state index contributed by atoms with van der Waals surface area (Å²) in [5, 5.41) is 6.59. The first-order valence-electron chi connectivity index (χ1n) is 7.84. The molecule has 1 aliphatic rings. The maximum absolute atomic E-state index is 5.61. The quantitative estimate of drug-likeness (QED) is 0.854. The fourth-order valence-electron chi connectivity index (χ4n) is 2.60. The van der Waals surface area contributed by atoms with Crippen LogP contribution in [0.4, 0.5) is 17.3 Å². The van der Waals surface area contributed by atoms with Gasteiger partial charge in [0.1, 0.15) is 23.7 Å². The molecule has 23 heavy (non-hydrogen) atoms. The number of aromatic nitrogens is 2. The molecule has 0 spiro atoms. The predicted molar refractivity (Wildman–Crippen MR) is 90.5 cm³/mol. The van der Waals surface area contributed by atoms with Gasteiger partial charge in [0.2, 0.25) is 0 Å². The summed E-state index contributed by atoms with van der Waals surface area (Å²) in [7, 11) is 1.66. The highest BCUT2D eigenvalue weighted by Gasteiger charge is 2.15. The van der Waals surface area contributed by atoms with Crippen LogP contribution in [0.15, 0.2) is 30.6 Å². The molecule has 1 saturated heterocycles. The van der Waals surface area contributed by atoms with Crippen molar-refractivity contribution in [3.63, 3.8) is 0 Å². The van der Waals surface area contributed by atoms with E-state index in [0.29, 0.717) is 0 Å². The van der Waals surface area contributed by atoms with Crippen LogP contribution in [0.25, 0.3) is 0 Å². The summed E-state index contributed by atoms with van der Waals surface area (Å²) in [5.41, 5.74) is 2.04. The minimum Gasteiger partial charge on any atom is -0.495 e. The summed E-state index contributed by atoms with van der Waals surface area (Å²) in [4.78, 5) is 8.52. The molecule has 6 heteroatoms. The lowest BCUT2D eigenvalue weighted by Crippen LogP contribution is -2.19. The maximum atomic E-state index is 5.61. The molecule has 1 unspecified atom stereocenters. The van der Waals surface area contributed by atoms with Crippen LogP contribution in [-0.4, -0.2) is 36.3 Å². The Bertz CT molecular complexity index is 657. The molecule has 0 saturated carbocycles. The van der Waals surface area contributed by atoms with Gasteiger partial charge < -0.3 is 20.1 Å². The minimum atomic E-state index is 0.276. The van der Waals surface area contributed by atoms with E-state index in [1.54, 1.807) is 13.4 Å². The lowest BCUT2D eigenvalue weighted by atomic mass is 10.2. The van der Waals surface area contributed by atoms with Crippen LogP contribution < -0.4 is 15.4 Å². The Morgan fingerprint density at radius 2 is 2.13 bits per heavy atom. The molecule has 122 valence electrons. The largest absolute Gasteiger partial charge is 0.495 e. The highest BCUT2D eigenvalue weighted by atomic mass is 16.5. The van der Waals surface area contributed by atoms with Crippen LogP contribution in [0.5, 0.6) is 5.75 Å². The summed E-state index contributed by atoms with van der Waals surface area (Å²) in [6.07, 6.45) is 4.06. The predicted octanol–water partition coefficient (Wildman–Crippen LogP) is 3.13. The Hall–Kier alpha value is -2.34. The van der Waals surface area contributed by atoms with E-state index in [4.69, 9.17) is 9.47 Å². The molecule has 0 amide bonds. The molecule has 2 aromatic rings. The summed E-state index contributed by atoms with van der Waals surface area (Å²) in [5.74, 6) is 2.28. The van der Waals surface area contributed by atoms with Gasteiger partial charge in [-0.05, 0) is 37.5 Å². The van der Waals surface area contributed by atoms with Crippen LogP contribution in [-0.2, 0) is 4.74 Å². The third-order valence-electron chi connectivity index (χ3n) is 3.82. The molecule has 1 atom stereocenters. The molecule has 6 nitrogen and oxygen atoms in total. The number of nitrogens with zero attached hydrogens (tertiary/aromatic N) is 2. The monoisotopic (exact) mass is 314 g/mol. The van der Waals surface area contributed by atoms with Crippen molar-refractivity contribution in [2.75, 3.05) is 30.9 Å². The zero-order valence-electron chi connectivity index (χ0n) is 13.5. The van der Waals surface area contributed by atoms with Crippen molar-refractivity contribution in [3.8, 4) is 5.75 Å². The Kier molecular flexibility index (Phi) is 4.92. The molecule has 0 bridgehead atoms. The van der Waals surface area contributed by atoms with Gasteiger partial charge in [-0.15, -0.1) is 0 Å². The second kappa shape index (κ2) is 7.28. The molecule has 3 rings (SSSR count). The van der Waals surface area contributed by atoms with E-state index in [0.717, 1.165) is 54.6 Å². The molecule has 2 heterocycles. The molecule has 1 fully saturated rings. The number of anilines is 3. The lowest BCUT2D eigenvalue weighted by Gasteiger charge is -2.13. The number of nitrogens with one attached hydrogen (secondary N) is 2. The maximum Gasteiger partial charge on any atom is 0.142 e. The van der Waals surface area contributed by atoms with E-state index in [-0.39, 0.29) is 6.10 Å². The molecule has 1 aliphatic heterocycles. The smallest absolute Gasteiger partial charge is 0.142 e. The van der Waals surface area contributed by atoms with Crippen LogP contribution in [0.3, 0.4) is 0 Å². The number of methoxy groups -OCH3 is 1. The SMILES string of the molecule is COc1ccc(C)cc1Nc1cc(NCC2CCCO2)ncn1. The van der Waals surface area contributed by atoms with Crippen molar-refractivity contribution in [1.29, 1.82) is 0 Å². The second-order valence-corrected chi connectivity index (χ2v) is 5.63. The van der Waals surface area contributed by atoms with Crippen molar-refractivity contribution < 1.29 is 9.47 Å². The van der Waals surface area contributed by atoms with Crippen LogP contribution in [0.2, 0.25) is 0 Å². The first kappa shape index (κ1) is 15.6. The van der Waals surface area contributed by atoms with Gasteiger partial charge in [0.15, 0.2) is 0 Å². The van der Waals surface area contributed by atoms with Gasteiger partial charge in [-0.3, -0.25) is 0 Å². The van der Waals surface area contributed by atoms with E-state index in [9.17, 15) is 0 Å². The van der Waals surface area contributed by atoms with Crippen LogP contribution in [0.1, 0.15) is 18.4 Å². The van der Waals surface area contributed by atoms with Crippen molar-refractivity contribution in [2.24, 2.45) is 0 Å². The molecule has 1 aromatic heterocycles. The highest BCUT2D eigenvalue weighted by Crippen LogP contribution is 2.28. The fraction of sp³-hybridized carbons (Fsp3) is 0.412. The van der Waals surface area contributed by atoms with E-state index in [2.05, 4.69) is 20.6 Å². The van der Waals surface area contributed by atoms with Gasteiger partial charge in [-0.2, -0.15) is 0 Å². The number of ether oxygens (including phenoxy) is 2. The molecule has 1 aromatic carbocycles. The lowest BCUT2D eigenvalue weighted by molar-refractivity contribution is 0.120.